The van der Waals surface area contributed by atoms with Gasteiger partial charge in [0.2, 0.25) is 0 Å². The molecule has 2 aromatic carbocycles. The standard InChI is InChI=1S/C17H21NO3/c1-3-20-11-6-12-21-17-15(13(2)18-19)10-9-14-7-4-5-8-16(14)17/h4-5,7-10,19H,3,6,11-12H2,1-2H3. The molecule has 0 fully saturated rings. The molecule has 0 aliphatic rings. The summed E-state index contributed by atoms with van der Waals surface area (Å²) in [5.74, 6) is 0.764. The second-order valence-corrected chi connectivity index (χ2v) is 4.75. The van der Waals surface area contributed by atoms with E-state index < -0.39 is 0 Å². The van der Waals surface area contributed by atoms with Gasteiger partial charge in [0.25, 0.3) is 0 Å². The summed E-state index contributed by atoms with van der Waals surface area (Å²) in [5.41, 5.74) is 1.35. The van der Waals surface area contributed by atoms with Crippen LogP contribution in [-0.4, -0.2) is 30.7 Å². The molecular weight excluding hydrogens is 266 g/mol. The van der Waals surface area contributed by atoms with Gasteiger partial charge >= 0.3 is 0 Å². The number of rotatable bonds is 7. The molecule has 0 atom stereocenters. The highest BCUT2D eigenvalue weighted by Gasteiger charge is 2.11. The minimum absolute atomic E-state index is 0.542. The van der Waals surface area contributed by atoms with Crippen molar-refractivity contribution in [3.05, 3.63) is 42.0 Å². The number of oxime groups is 1. The van der Waals surface area contributed by atoms with E-state index >= 15 is 0 Å². The van der Waals surface area contributed by atoms with Crippen molar-refractivity contribution in [3.8, 4) is 5.75 Å². The molecule has 4 nitrogen and oxygen atoms in total. The van der Waals surface area contributed by atoms with Crippen molar-refractivity contribution >= 4 is 16.5 Å². The van der Waals surface area contributed by atoms with Gasteiger partial charge in [-0.05, 0) is 25.3 Å². The molecule has 0 unspecified atom stereocenters. The van der Waals surface area contributed by atoms with E-state index in [0.717, 1.165) is 35.1 Å². The average Bonchev–Trinajstić information content (AvgIpc) is 2.53. The lowest BCUT2D eigenvalue weighted by Crippen LogP contribution is -2.07. The predicted octanol–water partition coefficient (Wildman–Crippen LogP) is 3.84. The lowest BCUT2D eigenvalue weighted by atomic mass is 10.0. The lowest BCUT2D eigenvalue weighted by molar-refractivity contribution is 0.131. The van der Waals surface area contributed by atoms with Crippen LogP contribution in [0.5, 0.6) is 5.75 Å². The van der Waals surface area contributed by atoms with Crippen molar-refractivity contribution in [2.24, 2.45) is 5.16 Å². The summed E-state index contributed by atoms with van der Waals surface area (Å²) in [6.07, 6.45) is 0.825. The molecule has 0 saturated carbocycles. The number of ether oxygens (including phenoxy) is 2. The summed E-state index contributed by atoms with van der Waals surface area (Å²) in [4.78, 5) is 0. The van der Waals surface area contributed by atoms with Crippen molar-refractivity contribution in [1.29, 1.82) is 0 Å². The third kappa shape index (κ3) is 3.73. The third-order valence-electron chi connectivity index (χ3n) is 3.30. The van der Waals surface area contributed by atoms with E-state index in [1.807, 2.05) is 43.3 Å². The molecular formula is C17H21NO3. The molecule has 112 valence electrons. The van der Waals surface area contributed by atoms with Gasteiger partial charge in [-0.3, -0.25) is 0 Å². The fourth-order valence-corrected chi connectivity index (χ4v) is 2.22. The lowest BCUT2D eigenvalue weighted by Gasteiger charge is -2.14. The Balaban J connectivity index is 2.28. The second-order valence-electron chi connectivity index (χ2n) is 4.75. The molecule has 21 heavy (non-hydrogen) atoms. The van der Waals surface area contributed by atoms with Crippen LogP contribution in [0.2, 0.25) is 0 Å². The summed E-state index contributed by atoms with van der Waals surface area (Å²) >= 11 is 0. The Kier molecular flexibility index (Phi) is 5.58. The minimum Gasteiger partial charge on any atom is -0.492 e. The predicted molar refractivity (Wildman–Crippen MR) is 84.6 cm³/mol. The van der Waals surface area contributed by atoms with E-state index in [1.165, 1.54) is 0 Å². The smallest absolute Gasteiger partial charge is 0.136 e. The number of nitrogens with zero attached hydrogens (tertiary/aromatic N) is 1. The van der Waals surface area contributed by atoms with Crippen LogP contribution in [0.25, 0.3) is 10.8 Å². The van der Waals surface area contributed by atoms with Crippen molar-refractivity contribution in [1.82, 2.24) is 0 Å². The Bertz CT molecular complexity index is 622. The summed E-state index contributed by atoms with van der Waals surface area (Å²) < 4.78 is 11.3. The maximum absolute atomic E-state index is 9.04. The molecule has 0 heterocycles. The van der Waals surface area contributed by atoms with Crippen molar-refractivity contribution in [2.45, 2.75) is 20.3 Å². The van der Waals surface area contributed by atoms with Crippen molar-refractivity contribution in [3.63, 3.8) is 0 Å². The van der Waals surface area contributed by atoms with Crippen LogP contribution in [0.1, 0.15) is 25.8 Å². The Hall–Kier alpha value is -2.07. The van der Waals surface area contributed by atoms with Crippen LogP contribution >= 0.6 is 0 Å². The number of hydrogen-bond acceptors (Lipinski definition) is 4. The zero-order chi connectivity index (χ0) is 15.1. The van der Waals surface area contributed by atoms with E-state index in [-0.39, 0.29) is 0 Å². The highest BCUT2D eigenvalue weighted by molar-refractivity contribution is 6.06. The fourth-order valence-electron chi connectivity index (χ4n) is 2.22. The number of benzene rings is 2. The van der Waals surface area contributed by atoms with Gasteiger partial charge in [-0.2, -0.15) is 0 Å². The molecule has 0 radical (unpaired) electrons. The van der Waals surface area contributed by atoms with Crippen LogP contribution in [0.3, 0.4) is 0 Å². The minimum atomic E-state index is 0.542. The van der Waals surface area contributed by atoms with Gasteiger partial charge in [0, 0.05) is 30.6 Å². The SMILES string of the molecule is CCOCCCOc1c(C(C)=NO)ccc2ccccc12. The first kappa shape index (κ1) is 15.3. The zero-order valence-electron chi connectivity index (χ0n) is 12.5. The van der Waals surface area contributed by atoms with E-state index in [1.54, 1.807) is 6.92 Å². The van der Waals surface area contributed by atoms with Gasteiger partial charge in [-0.15, -0.1) is 0 Å². The molecule has 0 aliphatic heterocycles. The van der Waals surface area contributed by atoms with Crippen LogP contribution in [0.4, 0.5) is 0 Å². The maximum Gasteiger partial charge on any atom is 0.136 e. The number of fused-ring (bicyclic) bond motifs is 1. The summed E-state index contributed by atoms with van der Waals surface area (Å²) in [5, 5.41) is 14.5. The average molecular weight is 287 g/mol. The highest BCUT2D eigenvalue weighted by Crippen LogP contribution is 2.30. The van der Waals surface area contributed by atoms with Gasteiger partial charge in [0.15, 0.2) is 0 Å². The highest BCUT2D eigenvalue weighted by atomic mass is 16.5. The topological polar surface area (TPSA) is 51.0 Å². The van der Waals surface area contributed by atoms with Crippen molar-refractivity contribution in [2.75, 3.05) is 19.8 Å². The summed E-state index contributed by atoms with van der Waals surface area (Å²) in [6, 6.07) is 12.0. The third-order valence-corrected chi connectivity index (χ3v) is 3.30. The van der Waals surface area contributed by atoms with Gasteiger partial charge in [0.1, 0.15) is 5.75 Å². The Labute approximate surface area is 125 Å². The summed E-state index contributed by atoms with van der Waals surface area (Å²) in [6.45, 7) is 5.71. The Morgan fingerprint density at radius 2 is 1.95 bits per heavy atom. The largest absolute Gasteiger partial charge is 0.492 e. The summed E-state index contributed by atoms with van der Waals surface area (Å²) in [7, 11) is 0. The van der Waals surface area contributed by atoms with Gasteiger partial charge in [0.05, 0.1) is 12.3 Å². The van der Waals surface area contributed by atoms with Crippen LogP contribution in [0.15, 0.2) is 41.6 Å². The second kappa shape index (κ2) is 7.64. The normalized spacial score (nSPS) is 11.8. The van der Waals surface area contributed by atoms with Gasteiger partial charge < -0.3 is 14.7 Å². The van der Waals surface area contributed by atoms with Crippen LogP contribution < -0.4 is 4.74 Å². The van der Waals surface area contributed by atoms with Crippen molar-refractivity contribution < 1.29 is 14.7 Å². The first-order chi connectivity index (χ1) is 10.3. The Morgan fingerprint density at radius 3 is 2.71 bits per heavy atom. The van der Waals surface area contributed by atoms with Gasteiger partial charge in [-0.1, -0.05) is 35.5 Å². The van der Waals surface area contributed by atoms with Gasteiger partial charge in [-0.25, -0.2) is 0 Å². The first-order valence-electron chi connectivity index (χ1n) is 7.19. The first-order valence-corrected chi connectivity index (χ1v) is 7.19. The molecule has 2 aromatic rings. The molecule has 0 amide bonds. The number of hydrogen-bond donors (Lipinski definition) is 1. The van der Waals surface area contributed by atoms with Crippen LogP contribution in [0, 0.1) is 0 Å². The van der Waals surface area contributed by atoms with E-state index in [9.17, 15) is 0 Å². The molecule has 0 saturated heterocycles. The molecule has 1 N–H and O–H groups in total. The molecule has 0 aromatic heterocycles. The van der Waals surface area contributed by atoms with E-state index in [2.05, 4.69) is 5.16 Å². The van der Waals surface area contributed by atoms with E-state index in [4.69, 9.17) is 14.7 Å². The molecule has 2 rings (SSSR count). The Morgan fingerprint density at radius 1 is 1.14 bits per heavy atom. The van der Waals surface area contributed by atoms with Crippen LogP contribution in [-0.2, 0) is 4.74 Å². The maximum atomic E-state index is 9.04. The molecule has 0 spiro atoms. The molecule has 0 bridgehead atoms. The molecule has 0 aliphatic carbocycles. The van der Waals surface area contributed by atoms with E-state index in [0.29, 0.717) is 18.9 Å². The monoisotopic (exact) mass is 287 g/mol. The fraction of sp³-hybridized carbons (Fsp3) is 0.353. The quantitative estimate of drug-likeness (QED) is 0.364. The molecule has 4 heteroatoms. The zero-order valence-corrected chi connectivity index (χ0v) is 12.5.